The molecule has 17 heavy (non-hydrogen) atoms. The number of carbonyl (C=O) groups is 1. The van der Waals surface area contributed by atoms with E-state index in [1.807, 2.05) is 0 Å². The van der Waals surface area contributed by atoms with E-state index < -0.39 is 0 Å². The molecule has 1 aliphatic rings. The highest BCUT2D eigenvalue weighted by atomic mass is 16.5. The third-order valence-corrected chi connectivity index (χ3v) is 3.18. The molecule has 1 saturated heterocycles. The van der Waals surface area contributed by atoms with Gasteiger partial charge < -0.3 is 4.74 Å². The van der Waals surface area contributed by atoms with Crippen LogP contribution in [-0.2, 0) is 16.1 Å². The van der Waals surface area contributed by atoms with Gasteiger partial charge in [0.1, 0.15) is 5.82 Å². The Bertz CT molecular complexity index is 383. The first-order valence-corrected chi connectivity index (χ1v) is 5.76. The summed E-state index contributed by atoms with van der Waals surface area (Å²) in [4.78, 5) is 22.1. The Morgan fingerprint density at radius 3 is 2.82 bits per heavy atom. The first kappa shape index (κ1) is 12.0. The van der Waals surface area contributed by atoms with Gasteiger partial charge in [0.2, 0.25) is 0 Å². The normalized spacial score (nSPS) is 24.8. The van der Waals surface area contributed by atoms with Crippen LogP contribution in [0.3, 0.4) is 0 Å². The third-order valence-electron chi connectivity index (χ3n) is 3.18. The molecule has 5 nitrogen and oxygen atoms in total. The van der Waals surface area contributed by atoms with Gasteiger partial charge in [-0.15, -0.1) is 0 Å². The number of nitrogens with zero attached hydrogens (tertiary/aromatic N) is 3. The molecule has 0 N–H and O–H groups in total. The van der Waals surface area contributed by atoms with Crippen LogP contribution in [0.15, 0.2) is 18.5 Å². The molecule has 0 amide bonds. The highest BCUT2D eigenvalue weighted by Crippen LogP contribution is 2.24. The average molecular weight is 235 g/mol. The molecule has 1 aromatic rings. The lowest BCUT2D eigenvalue weighted by Gasteiger charge is -2.13. The fourth-order valence-corrected chi connectivity index (χ4v) is 2.27. The molecule has 0 aliphatic carbocycles. The summed E-state index contributed by atoms with van der Waals surface area (Å²) in [5, 5.41) is 0. The fourth-order valence-electron chi connectivity index (χ4n) is 2.27. The predicted octanol–water partition coefficient (Wildman–Crippen LogP) is 0.717. The maximum atomic E-state index is 11.5. The summed E-state index contributed by atoms with van der Waals surface area (Å²) in [5.74, 6) is 0.981. The van der Waals surface area contributed by atoms with Crippen LogP contribution in [0, 0.1) is 11.8 Å². The smallest absolute Gasteiger partial charge is 0.310 e. The largest absolute Gasteiger partial charge is 0.469 e. The van der Waals surface area contributed by atoms with Crippen molar-refractivity contribution in [1.82, 2.24) is 14.9 Å². The van der Waals surface area contributed by atoms with Crippen LogP contribution >= 0.6 is 0 Å². The average Bonchev–Trinajstić information content (AvgIpc) is 2.70. The summed E-state index contributed by atoms with van der Waals surface area (Å²) in [5.41, 5.74) is 0. The highest BCUT2D eigenvalue weighted by molar-refractivity contribution is 5.73. The van der Waals surface area contributed by atoms with Gasteiger partial charge in [-0.3, -0.25) is 9.69 Å². The molecule has 1 fully saturated rings. The van der Waals surface area contributed by atoms with Gasteiger partial charge in [0, 0.05) is 25.5 Å². The SMILES string of the molecule is COC(=O)[C@@H]1CN(Cc2ncccn2)C[C@H]1C. The van der Waals surface area contributed by atoms with Gasteiger partial charge in [-0.1, -0.05) is 6.92 Å². The van der Waals surface area contributed by atoms with Crippen molar-refractivity contribution < 1.29 is 9.53 Å². The van der Waals surface area contributed by atoms with E-state index in [4.69, 9.17) is 4.74 Å². The van der Waals surface area contributed by atoms with Crippen LogP contribution in [-0.4, -0.2) is 41.0 Å². The molecule has 0 saturated carbocycles. The second kappa shape index (κ2) is 5.23. The van der Waals surface area contributed by atoms with E-state index in [0.29, 0.717) is 12.5 Å². The number of hydrogen-bond donors (Lipinski definition) is 0. The number of hydrogen-bond acceptors (Lipinski definition) is 5. The number of likely N-dealkylation sites (tertiary alicyclic amines) is 1. The van der Waals surface area contributed by atoms with Crippen molar-refractivity contribution in [3.8, 4) is 0 Å². The van der Waals surface area contributed by atoms with Crippen LogP contribution < -0.4 is 0 Å². The number of aromatic nitrogens is 2. The molecule has 0 radical (unpaired) electrons. The molecule has 1 aromatic heterocycles. The number of methoxy groups -OCH3 is 1. The molecule has 2 atom stereocenters. The van der Waals surface area contributed by atoms with Crippen molar-refractivity contribution in [3.63, 3.8) is 0 Å². The zero-order valence-corrected chi connectivity index (χ0v) is 10.2. The fraction of sp³-hybridized carbons (Fsp3) is 0.583. The molecule has 2 heterocycles. The van der Waals surface area contributed by atoms with Crippen molar-refractivity contribution in [1.29, 1.82) is 0 Å². The van der Waals surface area contributed by atoms with Crippen molar-refractivity contribution in [2.75, 3.05) is 20.2 Å². The topological polar surface area (TPSA) is 55.3 Å². The minimum atomic E-state index is -0.117. The monoisotopic (exact) mass is 235 g/mol. The molecular formula is C12H17N3O2. The van der Waals surface area contributed by atoms with E-state index in [2.05, 4.69) is 21.8 Å². The Hall–Kier alpha value is -1.49. The summed E-state index contributed by atoms with van der Waals surface area (Å²) in [6.07, 6.45) is 3.47. The second-order valence-corrected chi connectivity index (χ2v) is 4.47. The Morgan fingerprint density at radius 2 is 2.18 bits per heavy atom. The molecule has 92 valence electrons. The minimum absolute atomic E-state index is 0.0243. The van der Waals surface area contributed by atoms with Gasteiger partial charge in [0.25, 0.3) is 0 Å². The van der Waals surface area contributed by atoms with Crippen molar-refractivity contribution in [2.24, 2.45) is 11.8 Å². The van der Waals surface area contributed by atoms with Crippen molar-refractivity contribution in [3.05, 3.63) is 24.3 Å². The van der Waals surface area contributed by atoms with Gasteiger partial charge in [0.05, 0.1) is 19.6 Å². The van der Waals surface area contributed by atoms with Gasteiger partial charge in [-0.05, 0) is 12.0 Å². The van der Waals surface area contributed by atoms with Gasteiger partial charge in [-0.25, -0.2) is 9.97 Å². The maximum absolute atomic E-state index is 11.5. The van der Waals surface area contributed by atoms with Crippen LogP contribution in [0.5, 0.6) is 0 Å². The second-order valence-electron chi connectivity index (χ2n) is 4.47. The first-order valence-electron chi connectivity index (χ1n) is 5.76. The van der Waals surface area contributed by atoms with Crippen LogP contribution in [0.25, 0.3) is 0 Å². The zero-order chi connectivity index (χ0) is 12.3. The number of carbonyl (C=O) groups excluding carboxylic acids is 1. The lowest BCUT2D eigenvalue weighted by molar-refractivity contribution is -0.146. The number of rotatable bonds is 3. The first-order chi connectivity index (χ1) is 8.20. The van der Waals surface area contributed by atoms with Crippen LogP contribution in [0.4, 0.5) is 0 Å². The summed E-state index contributed by atoms with van der Waals surface area (Å²) in [6, 6.07) is 1.80. The van der Waals surface area contributed by atoms with Crippen LogP contribution in [0.1, 0.15) is 12.7 Å². The lowest BCUT2D eigenvalue weighted by atomic mass is 9.99. The lowest BCUT2D eigenvalue weighted by Crippen LogP contribution is -2.24. The zero-order valence-electron chi connectivity index (χ0n) is 10.2. The summed E-state index contributed by atoms with van der Waals surface area (Å²) >= 11 is 0. The number of ether oxygens (including phenoxy) is 1. The van der Waals surface area contributed by atoms with E-state index in [0.717, 1.165) is 18.9 Å². The Morgan fingerprint density at radius 1 is 1.47 bits per heavy atom. The predicted molar refractivity (Wildman–Crippen MR) is 62.0 cm³/mol. The maximum Gasteiger partial charge on any atom is 0.310 e. The molecular weight excluding hydrogens is 218 g/mol. The van der Waals surface area contributed by atoms with Gasteiger partial charge in [0.15, 0.2) is 0 Å². The minimum Gasteiger partial charge on any atom is -0.469 e. The molecule has 2 rings (SSSR count). The van der Waals surface area contributed by atoms with E-state index in [1.165, 1.54) is 7.11 Å². The number of esters is 1. The summed E-state index contributed by atoms with van der Waals surface area (Å²) in [6.45, 7) is 4.39. The standard InChI is InChI=1S/C12H17N3O2/c1-9-6-15(7-10(9)12(16)17-2)8-11-13-4-3-5-14-11/h3-5,9-10H,6-8H2,1-2H3/t9-,10-/m1/s1. The van der Waals surface area contributed by atoms with E-state index in [-0.39, 0.29) is 11.9 Å². The van der Waals surface area contributed by atoms with Crippen molar-refractivity contribution >= 4 is 5.97 Å². The van der Waals surface area contributed by atoms with Gasteiger partial charge in [-0.2, -0.15) is 0 Å². The third kappa shape index (κ3) is 2.79. The molecule has 0 aromatic carbocycles. The molecule has 5 heteroatoms. The Labute approximate surface area is 101 Å². The van der Waals surface area contributed by atoms with E-state index >= 15 is 0 Å². The molecule has 1 aliphatic heterocycles. The molecule has 0 bridgehead atoms. The van der Waals surface area contributed by atoms with E-state index in [9.17, 15) is 4.79 Å². The Balaban J connectivity index is 1.95. The molecule has 0 spiro atoms. The van der Waals surface area contributed by atoms with E-state index in [1.54, 1.807) is 18.5 Å². The quantitative estimate of drug-likeness (QED) is 0.722. The molecule has 0 unspecified atom stereocenters. The highest BCUT2D eigenvalue weighted by Gasteiger charge is 2.35. The van der Waals surface area contributed by atoms with Crippen LogP contribution in [0.2, 0.25) is 0 Å². The summed E-state index contributed by atoms with van der Waals surface area (Å²) in [7, 11) is 1.44. The Kier molecular flexibility index (Phi) is 3.68. The van der Waals surface area contributed by atoms with Gasteiger partial charge >= 0.3 is 5.97 Å². The summed E-state index contributed by atoms with van der Waals surface area (Å²) < 4.78 is 4.81. The van der Waals surface area contributed by atoms with Crippen molar-refractivity contribution in [2.45, 2.75) is 13.5 Å².